The summed E-state index contributed by atoms with van der Waals surface area (Å²) in [5.41, 5.74) is 2.58. The number of benzene rings is 2. The van der Waals surface area contributed by atoms with Crippen LogP contribution < -0.4 is 10.6 Å². The first-order valence-corrected chi connectivity index (χ1v) is 10.9. The van der Waals surface area contributed by atoms with Gasteiger partial charge in [-0.1, -0.05) is 42.5 Å². The third-order valence-electron chi connectivity index (χ3n) is 5.38. The van der Waals surface area contributed by atoms with Crippen molar-refractivity contribution in [3.63, 3.8) is 0 Å². The summed E-state index contributed by atoms with van der Waals surface area (Å²) in [6.45, 7) is 5.00. The zero-order chi connectivity index (χ0) is 22.2. The summed E-state index contributed by atoms with van der Waals surface area (Å²) < 4.78 is 0. The Hall–Kier alpha value is -3.15. The fourth-order valence-corrected chi connectivity index (χ4v) is 3.81. The molecule has 0 aromatic heterocycles. The lowest BCUT2D eigenvalue weighted by Gasteiger charge is -2.32. The molecule has 0 spiro atoms. The van der Waals surface area contributed by atoms with Gasteiger partial charge >= 0.3 is 0 Å². The van der Waals surface area contributed by atoms with Gasteiger partial charge in [-0.25, -0.2) is 0 Å². The van der Waals surface area contributed by atoms with Crippen molar-refractivity contribution in [3.8, 4) is 0 Å². The average molecular weight is 422 g/mol. The van der Waals surface area contributed by atoms with E-state index < -0.39 is 0 Å². The molecule has 31 heavy (non-hydrogen) atoms. The molecule has 1 atom stereocenters. The van der Waals surface area contributed by atoms with Crippen LogP contribution in [0.3, 0.4) is 0 Å². The van der Waals surface area contributed by atoms with Crippen LogP contribution in [-0.2, 0) is 27.2 Å². The van der Waals surface area contributed by atoms with Crippen LogP contribution in [0, 0.1) is 5.92 Å². The van der Waals surface area contributed by atoms with Gasteiger partial charge in [-0.3, -0.25) is 14.4 Å². The van der Waals surface area contributed by atoms with Gasteiger partial charge in [0, 0.05) is 24.8 Å². The van der Waals surface area contributed by atoms with Crippen LogP contribution in [0.1, 0.15) is 37.8 Å². The Balaban J connectivity index is 1.51. The molecular formula is C25H31N3O3. The molecule has 1 heterocycles. The molecule has 1 aliphatic heterocycles. The van der Waals surface area contributed by atoms with Crippen molar-refractivity contribution in [1.82, 2.24) is 10.2 Å². The molecule has 1 aliphatic rings. The smallest absolute Gasteiger partial charge is 0.229 e. The van der Waals surface area contributed by atoms with Crippen LogP contribution in [0.15, 0.2) is 54.6 Å². The Labute approximate surface area is 184 Å². The molecule has 2 aromatic carbocycles. The van der Waals surface area contributed by atoms with E-state index >= 15 is 0 Å². The molecule has 0 bridgehead atoms. The van der Waals surface area contributed by atoms with Crippen molar-refractivity contribution in [1.29, 1.82) is 0 Å². The van der Waals surface area contributed by atoms with E-state index in [1.54, 1.807) is 4.90 Å². The number of piperidine rings is 1. The number of rotatable bonds is 7. The minimum atomic E-state index is -0.218. The first kappa shape index (κ1) is 22.5. The van der Waals surface area contributed by atoms with E-state index in [1.165, 1.54) is 0 Å². The van der Waals surface area contributed by atoms with Crippen LogP contribution in [0.4, 0.5) is 5.69 Å². The van der Waals surface area contributed by atoms with Crippen LogP contribution in [0.25, 0.3) is 0 Å². The number of nitrogens with one attached hydrogen (secondary N) is 2. The summed E-state index contributed by atoms with van der Waals surface area (Å²) in [6, 6.07) is 17.1. The summed E-state index contributed by atoms with van der Waals surface area (Å²) in [5.74, 6) is -0.241. The second-order valence-corrected chi connectivity index (χ2v) is 8.43. The van der Waals surface area contributed by atoms with Crippen molar-refractivity contribution in [3.05, 3.63) is 65.7 Å². The lowest BCUT2D eigenvalue weighted by Crippen LogP contribution is -2.44. The fourth-order valence-electron chi connectivity index (χ4n) is 3.81. The van der Waals surface area contributed by atoms with E-state index in [9.17, 15) is 14.4 Å². The highest BCUT2D eigenvalue weighted by Crippen LogP contribution is 2.20. The Kier molecular flexibility index (Phi) is 7.82. The number of carbonyl (C=O) groups is 3. The van der Waals surface area contributed by atoms with Gasteiger partial charge in [-0.05, 0) is 49.9 Å². The normalized spacial score (nSPS) is 16.1. The topological polar surface area (TPSA) is 78.5 Å². The lowest BCUT2D eigenvalue weighted by atomic mass is 9.96. The first-order valence-electron chi connectivity index (χ1n) is 10.9. The maximum atomic E-state index is 12.8. The lowest BCUT2D eigenvalue weighted by molar-refractivity contribution is -0.134. The summed E-state index contributed by atoms with van der Waals surface area (Å²) >= 11 is 0. The summed E-state index contributed by atoms with van der Waals surface area (Å²) in [6.07, 6.45) is 2.27. The number of hydrogen-bond donors (Lipinski definition) is 2. The molecular weight excluding hydrogens is 390 g/mol. The molecule has 6 nitrogen and oxygen atoms in total. The zero-order valence-electron chi connectivity index (χ0n) is 18.3. The second-order valence-electron chi connectivity index (χ2n) is 8.43. The van der Waals surface area contributed by atoms with Gasteiger partial charge in [0.1, 0.15) is 0 Å². The van der Waals surface area contributed by atoms with E-state index in [1.807, 2.05) is 68.4 Å². The molecule has 2 N–H and O–H groups in total. The molecule has 2 aromatic rings. The molecule has 3 rings (SSSR count). The third-order valence-corrected chi connectivity index (χ3v) is 5.38. The molecule has 1 unspecified atom stereocenters. The number of anilines is 1. The van der Waals surface area contributed by atoms with E-state index in [0.29, 0.717) is 31.6 Å². The zero-order valence-corrected chi connectivity index (χ0v) is 18.3. The Morgan fingerprint density at radius 1 is 0.968 bits per heavy atom. The van der Waals surface area contributed by atoms with Crippen molar-refractivity contribution < 1.29 is 14.4 Å². The highest BCUT2D eigenvalue weighted by molar-refractivity contribution is 5.93. The van der Waals surface area contributed by atoms with Crippen LogP contribution >= 0.6 is 0 Å². The number of nitrogens with zero attached hydrogens (tertiary/aromatic N) is 1. The van der Waals surface area contributed by atoms with Crippen molar-refractivity contribution in [2.45, 2.75) is 45.6 Å². The summed E-state index contributed by atoms with van der Waals surface area (Å²) in [4.78, 5) is 39.1. The van der Waals surface area contributed by atoms with E-state index in [4.69, 9.17) is 0 Å². The Morgan fingerprint density at radius 2 is 1.65 bits per heavy atom. The number of amides is 3. The van der Waals surface area contributed by atoms with Gasteiger partial charge in [0.15, 0.2) is 0 Å². The SMILES string of the molecule is CC(C)NC(=O)Cc1ccc(NC(=O)C2CCCN(C(=O)Cc3ccccc3)C2)cc1. The molecule has 164 valence electrons. The summed E-state index contributed by atoms with van der Waals surface area (Å²) in [5, 5.41) is 5.82. The van der Waals surface area contributed by atoms with Crippen LogP contribution in [0.2, 0.25) is 0 Å². The van der Waals surface area contributed by atoms with Crippen molar-refractivity contribution >= 4 is 23.4 Å². The van der Waals surface area contributed by atoms with Gasteiger partial charge in [0.05, 0.1) is 18.8 Å². The molecule has 0 aliphatic carbocycles. The Bertz CT molecular complexity index is 894. The predicted molar refractivity (Wildman–Crippen MR) is 122 cm³/mol. The molecule has 6 heteroatoms. The highest BCUT2D eigenvalue weighted by atomic mass is 16.2. The maximum absolute atomic E-state index is 12.8. The minimum absolute atomic E-state index is 0.0192. The van der Waals surface area contributed by atoms with E-state index in [0.717, 1.165) is 24.0 Å². The summed E-state index contributed by atoms with van der Waals surface area (Å²) in [7, 11) is 0. The van der Waals surface area contributed by atoms with E-state index in [-0.39, 0.29) is 29.7 Å². The highest BCUT2D eigenvalue weighted by Gasteiger charge is 2.28. The minimum Gasteiger partial charge on any atom is -0.354 e. The van der Waals surface area contributed by atoms with Crippen molar-refractivity contribution in [2.75, 3.05) is 18.4 Å². The molecule has 1 saturated heterocycles. The molecule has 0 saturated carbocycles. The van der Waals surface area contributed by atoms with E-state index in [2.05, 4.69) is 10.6 Å². The predicted octanol–water partition coefficient (Wildman–Crippen LogP) is 3.17. The van der Waals surface area contributed by atoms with Crippen molar-refractivity contribution in [2.24, 2.45) is 5.92 Å². The number of likely N-dealkylation sites (tertiary alicyclic amines) is 1. The van der Waals surface area contributed by atoms with Gasteiger partial charge in [0.25, 0.3) is 0 Å². The largest absolute Gasteiger partial charge is 0.354 e. The van der Waals surface area contributed by atoms with Crippen LogP contribution in [0.5, 0.6) is 0 Å². The van der Waals surface area contributed by atoms with Gasteiger partial charge in [0.2, 0.25) is 17.7 Å². The van der Waals surface area contributed by atoms with Crippen LogP contribution in [-0.4, -0.2) is 41.8 Å². The number of carbonyl (C=O) groups excluding carboxylic acids is 3. The standard InChI is InChI=1S/C25H31N3O3/c1-18(2)26-23(29)15-20-10-12-22(13-11-20)27-25(31)21-9-6-14-28(17-21)24(30)16-19-7-4-3-5-8-19/h3-5,7-8,10-13,18,21H,6,9,14-17H2,1-2H3,(H,26,29)(H,27,31). The fraction of sp³-hybridized carbons (Fsp3) is 0.400. The molecule has 0 radical (unpaired) electrons. The maximum Gasteiger partial charge on any atom is 0.229 e. The first-order chi connectivity index (χ1) is 14.9. The average Bonchev–Trinajstić information content (AvgIpc) is 2.75. The third kappa shape index (κ3) is 6.95. The monoisotopic (exact) mass is 421 g/mol. The molecule has 1 fully saturated rings. The quantitative estimate of drug-likeness (QED) is 0.721. The second kappa shape index (κ2) is 10.8. The van der Waals surface area contributed by atoms with Gasteiger partial charge < -0.3 is 15.5 Å². The number of hydrogen-bond acceptors (Lipinski definition) is 3. The van der Waals surface area contributed by atoms with Gasteiger partial charge in [-0.15, -0.1) is 0 Å². The molecule has 3 amide bonds. The van der Waals surface area contributed by atoms with Gasteiger partial charge in [-0.2, -0.15) is 0 Å². The Morgan fingerprint density at radius 3 is 2.32 bits per heavy atom.